The molecule has 2 nitrogen and oxygen atoms in total. The molecule has 2 rings (SSSR count). The van der Waals surface area contributed by atoms with E-state index in [-0.39, 0.29) is 0 Å². The van der Waals surface area contributed by atoms with Gasteiger partial charge >= 0.3 is 0 Å². The summed E-state index contributed by atoms with van der Waals surface area (Å²) in [7, 11) is 1.73. The van der Waals surface area contributed by atoms with Crippen molar-refractivity contribution >= 4 is 0 Å². The summed E-state index contributed by atoms with van der Waals surface area (Å²) in [5.74, 6) is 0. The molecular weight excluding hydrogens is 258 g/mol. The van der Waals surface area contributed by atoms with Gasteiger partial charge in [0, 0.05) is 20.2 Å². The molecule has 0 fully saturated rings. The molecule has 0 spiro atoms. The zero-order valence-corrected chi connectivity index (χ0v) is 13.5. The van der Waals surface area contributed by atoms with Crippen molar-refractivity contribution in [2.75, 3.05) is 7.11 Å². The number of rotatable bonds is 6. The summed E-state index contributed by atoms with van der Waals surface area (Å²) in [5.41, 5.74) is 8.00. The van der Waals surface area contributed by atoms with Gasteiger partial charge in [-0.05, 0) is 48.6 Å². The molecule has 0 radical (unpaired) electrons. The Morgan fingerprint density at radius 1 is 0.905 bits per heavy atom. The summed E-state index contributed by atoms with van der Waals surface area (Å²) < 4.78 is 5.18. The molecule has 1 N–H and O–H groups in total. The second-order valence-corrected chi connectivity index (χ2v) is 5.73. The average Bonchev–Trinajstić information content (AvgIpc) is 2.42. The van der Waals surface area contributed by atoms with Gasteiger partial charge in [-0.25, -0.2) is 0 Å². The van der Waals surface area contributed by atoms with Crippen molar-refractivity contribution in [3.05, 3.63) is 69.8 Å². The summed E-state index contributed by atoms with van der Waals surface area (Å²) in [6.07, 6.45) is 0. The lowest BCUT2D eigenvalue weighted by Gasteiger charge is -2.13. The number of nitrogens with one attached hydrogen (secondary N) is 1. The van der Waals surface area contributed by atoms with Gasteiger partial charge < -0.3 is 10.1 Å². The lowest BCUT2D eigenvalue weighted by atomic mass is 10.00. The van der Waals surface area contributed by atoms with Crippen LogP contribution in [0.15, 0.2) is 36.4 Å². The van der Waals surface area contributed by atoms with Gasteiger partial charge in [0.15, 0.2) is 0 Å². The van der Waals surface area contributed by atoms with Crippen molar-refractivity contribution in [1.82, 2.24) is 5.32 Å². The normalized spacial score (nSPS) is 10.9. The number of aryl methyl sites for hydroxylation is 3. The quantitative estimate of drug-likeness (QED) is 0.863. The lowest BCUT2D eigenvalue weighted by molar-refractivity contribution is 0.185. The van der Waals surface area contributed by atoms with E-state index in [4.69, 9.17) is 4.74 Å². The first-order chi connectivity index (χ1) is 10.1. The molecule has 2 aromatic rings. The fourth-order valence-corrected chi connectivity index (χ4v) is 2.82. The summed E-state index contributed by atoms with van der Waals surface area (Å²) in [6, 6.07) is 13.0. The van der Waals surface area contributed by atoms with E-state index in [9.17, 15) is 0 Å². The van der Waals surface area contributed by atoms with Gasteiger partial charge in [0.05, 0.1) is 6.61 Å². The average molecular weight is 283 g/mol. The predicted octanol–water partition coefficient (Wildman–Crippen LogP) is 4.05. The van der Waals surface area contributed by atoms with E-state index in [0.29, 0.717) is 6.61 Å². The third-order valence-electron chi connectivity index (χ3n) is 3.77. The maximum atomic E-state index is 5.18. The molecular formula is C19H25NO. The smallest absolute Gasteiger partial charge is 0.0713 e. The van der Waals surface area contributed by atoms with Gasteiger partial charge in [0.25, 0.3) is 0 Å². The molecule has 0 aromatic heterocycles. The van der Waals surface area contributed by atoms with Crippen molar-refractivity contribution in [3.63, 3.8) is 0 Å². The van der Waals surface area contributed by atoms with Crippen LogP contribution >= 0.6 is 0 Å². The van der Waals surface area contributed by atoms with Gasteiger partial charge in [-0.2, -0.15) is 0 Å². The summed E-state index contributed by atoms with van der Waals surface area (Å²) in [6.45, 7) is 8.99. The molecule has 0 aliphatic heterocycles. The van der Waals surface area contributed by atoms with Crippen LogP contribution in [-0.2, 0) is 24.4 Å². The third kappa shape index (κ3) is 4.42. The van der Waals surface area contributed by atoms with Gasteiger partial charge in [-0.1, -0.05) is 42.0 Å². The fourth-order valence-electron chi connectivity index (χ4n) is 2.82. The van der Waals surface area contributed by atoms with Crippen molar-refractivity contribution in [1.29, 1.82) is 0 Å². The molecule has 0 unspecified atom stereocenters. The van der Waals surface area contributed by atoms with Gasteiger partial charge in [0.1, 0.15) is 0 Å². The minimum atomic E-state index is 0.671. The molecule has 0 aliphatic rings. The van der Waals surface area contributed by atoms with Gasteiger partial charge in [-0.3, -0.25) is 0 Å². The van der Waals surface area contributed by atoms with Crippen LogP contribution in [0.2, 0.25) is 0 Å². The first-order valence-corrected chi connectivity index (χ1v) is 7.44. The fraction of sp³-hybridized carbons (Fsp3) is 0.368. The van der Waals surface area contributed by atoms with Crippen molar-refractivity contribution in [3.8, 4) is 0 Å². The molecule has 0 heterocycles. The minimum Gasteiger partial charge on any atom is -0.380 e. The predicted molar refractivity (Wildman–Crippen MR) is 88.4 cm³/mol. The van der Waals surface area contributed by atoms with Crippen LogP contribution in [0.5, 0.6) is 0 Å². The highest BCUT2D eigenvalue weighted by Gasteiger charge is 2.03. The SMILES string of the molecule is COCc1cccc(CNCc2c(C)cc(C)cc2C)c1. The van der Waals surface area contributed by atoms with E-state index in [2.05, 4.69) is 62.5 Å². The molecule has 0 aliphatic carbocycles. The summed E-state index contributed by atoms with van der Waals surface area (Å²) in [5, 5.41) is 3.55. The standard InChI is InChI=1S/C19H25NO/c1-14-8-15(2)19(16(3)9-14)12-20-11-17-6-5-7-18(10-17)13-21-4/h5-10,20H,11-13H2,1-4H3. The number of methoxy groups -OCH3 is 1. The first kappa shape index (κ1) is 15.7. The van der Waals surface area contributed by atoms with E-state index in [0.717, 1.165) is 13.1 Å². The Labute approximate surface area is 128 Å². The van der Waals surface area contributed by atoms with Crippen LogP contribution in [0.1, 0.15) is 33.4 Å². The Morgan fingerprint density at radius 2 is 1.57 bits per heavy atom. The lowest BCUT2D eigenvalue weighted by Crippen LogP contribution is -2.14. The Balaban J connectivity index is 1.97. The van der Waals surface area contributed by atoms with E-state index >= 15 is 0 Å². The topological polar surface area (TPSA) is 21.3 Å². The van der Waals surface area contributed by atoms with E-state index < -0.39 is 0 Å². The first-order valence-electron chi connectivity index (χ1n) is 7.44. The maximum absolute atomic E-state index is 5.18. The molecule has 2 aromatic carbocycles. The van der Waals surface area contributed by atoms with E-state index in [1.807, 2.05) is 0 Å². The van der Waals surface area contributed by atoms with Crippen LogP contribution in [0.3, 0.4) is 0 Å². The van der Waals surface area contributed by atoms with Crippen LogP contribution in [-0.4, -0.2) is 7.11 Å². The molecule has 0 amide bonds. The monoisotopic (exact) mass is 283 g/mol. The Morgan fingerprint density at radius 3 is 2.24 bits per heavy atom. The second kappa shape index (κ2) is 7.39. The number of benzene rings is 2. The van der Waals surface area contributed by atoms with Crippen molar-refractivity contribution < 1.29 is 4.74 Å². The molecule has 0 atom stereocenters. The minimum absolute atomic E-state index is 0.671. The second-order valence-electron chi connectivity index (χ2n) is 5.73. The molecule has 0 saturated heterocycles. The highest BCUT2D eigenvalue weighted by molar-refractivity contribution is 5.37. The molecule has 0 saturated carbocycles. The van der Waals surface area contributed by atoms with Crippen LogP contribution in [0.25, 0.3) is 0 Å². The number of hydrogen-bond acceptors (Lipinski definition) is 2. The third-order valence-corrected chi connectivity index (χ3v) is 3.77. The van der Waals surface area contributed by atoms with Crippen LogP contribution in [0.4, 0.5) is 0 Å². The van der Waals surface area contributed by atoms with Crippen LogP contribution in [0, 0.1) is 20.8 Å². The summed E-state index contributed by atoms with van der Waals surface area (Å²) >= 11 is 0. The zero-order valence-electron chi connectivity index (χ0n) is 13.5. The van der Waals surface area contributed by atoms with Crippen LogP contribution < -0.4 is 5.32 Å². The highest BCUT2D eigenvalue weighted by Crippen LogP contribution is 2.16. The van der Waals surface area contributed by atoms with Gasteiger partial charge in [0.2, 0.25) is 0 Å². The van der Waals surface area contributed by atoms with Crippen molar-refractivity contribution in [2.24, 2.45) is 0 Å². The largest absolute Gasteiger partial charge is 0.380 e. The van der Waals surface area contributed by atoms with E-state index in [1.165, 1.54) is 33.4 Å². The van der Waals surface area contributed by atoms with E-state index in [1.54, 1.807) is 7.11 Å². The summed E-state index contributed by atoms with van der Waals surface area (Å²) in [4.78, 5) is 0. The highest BCUT2D eigenvalue weighted by atomic mass is 16.5. The maximum Gasteiger partial charge on any atom is 0.0713 e. The number of hydrogen-bond donors (Lipinski definition) is 1. The Kier molecular flexibility index (Phi) is 5.54. The molecule has 112 valence electrons. The Bertz CT molecular complexity index is 581. The van der Waals surface area contributed by atoms with Crippen molar-refractivity contribution in [2.45, 2.75) is 40.5 Å². The van der Waals surface area contributed by atoms with Gasteiger partial charge in [-0.15, -0.1) is 0 Å². The number of ether oxygens (including phenoxy) is 1. The molecule has 21 heavy (non-hydrogen) atoms. The molecule has 0 bridgehead atoms. The zero-order chi connectivity index (χ0) is 15.2. The Hall–Kier alpha value is -1.64. The molecule has 2 heteroatoms.